The number of nitrogens with one attached hydrogen (secondary N) is 1. The van der Waals surface area contributed by atoms with Gasteiger partial charge in [0.2, 0.25) is 5.91 Å². The van der Waals surface area contributed by atoms with Crippen molar-refractivity contribution in [3.63, 3.8) is 0 Å². The quantitative estimate of drug-likeness (QED) is 0.0332. The molecule has 0 aromatic heterocycles. The molecule has 302 valence electrons. The number of amides is 1. The van der Waals surface area contributed by atoms with E-state index in [1.807, 2.05) is 0 Å². The number of hydrogen-bond acceptors (Lipinski definition) is 5. The van der Waals surface area contributed by atoms with Crippen LogP contribution in [-0.4, -0.2) is 46.9 Å². The van der Waals surface area contributed by atoms with E-state index in [0.717, 1.165) is 64.2 Å². The van der Waals surface area contributed by atoms with Gasteiger partial charge >= 0.3 is 5.97 Å². The Balaban J connectivity index is 4.50. The van der Waals surface area contributed by atoms with Crippen molar-refractivity contribution in [3.8, 4) is 0 Å². The van der Waals surface area contributed by atoms with Crippen LogP contribution in [0.5, 0.6) is 0 Å². The van der Waals surface area contributed by atoms with Crippen LogP contribution in [0.25, 0.3) is 0 Å². The standard InChI is InChI=1S/C45H87NO5/c1-4-7-10-13-16-19-21-22-23-25-28-31-34-37-43(48)42(40-47)46-44(49)39-41(36-33-30-27-24-18-15-12-9-6-3)51-45(50)38-35-32-29-26-20-17-14-11-8-5-2/h15,18,41-43,47-48H,4-14,16-17,19-40H2,1-3H3,(H,46,49)/b18-15-. The molecule has 0 saturated carbocycles. The van der Waals surface area contributed by atoms with E-state index in [-0.39, 0.29) is 24.9 Å². The van der Waals surface area contributed by atoms with E-state index >= 15 is 0 Å². The number of unbranched alkanes of at least 4 members (excludes halogenated alkanes) is 26. The van der Waals surface area contributed by atoms with Gasteiger partial charge in [-0.15, -0.1) is 0 Å². The van der Waals surface area contributed by atoms with Crippen molar-refractivity contribution in [2.24, 2.45) is 0 Å². The number of aliphatic hydroxyl groups excluding tert-OH is 2. The Bertz CT molecular complexity index is 772. The minimum atomic E-state index is -0.783. The lowest BCUT2D eigenvalue weighted by molar-refractivity contribution is -0.151. The zero-order valence-electron chi connectivity index (χ0n) is 34.3. The summed E-state index contributed by atoms with van der Waals surface area (Å²) in [4.78, 5) is 25.8. The van der Waals surface area contributed by atoms with Gasteiger partial charge in [0.25, 0.3) is 0 Å². The molecule has 0 saturated heterocycles. The predicted molar refractivity (Wildman–Crippen MR) is 218 cm³/mol. The fraction of sp³-hybridized carbons (Fsp3) is 0.911. The highest BCUT2D eigenvalue weighted by atomic mass is 16.5. The van der Waals surface area contributed by atoms with Crippen LogP contribution in [-0.2, 0) is 14.3 Å². The summed E-state index contributed by atoms with van der Waals surface area (Å²) < 4.78 is 5.87. The molecule has 3 atom stereocenters. The van der Waals surface area contributed by atoms with E-state index in [9.17, 15) is 19.8 Å². The Kier molecular flexibility index (Phi) is 38.7. The molecule has 0 bridgehead atoms. The molecular formula is C45H87NO5. The van der Waals surface area contributed by atoms with Crippen LogP contribution in [0.2, 0.25) is 0 Å². The predicted octanol–water partition coefficient (Wildman–Crippen LogP) is 12.6. The number of carbonyl (C=O) groups excluding carboxylic acids is 2. The zero-order chi connectivity index (χ0) is 37.5. The molecule has 0 aromatic carbocycles. The normalized spacial score (nSPS) is 13.4. The van der Waals surface area contributed by atoms with E-state index in [2.05, 4.69) is 38.2 Å². The van der Waals surface area contributed by atoms with Gasteiger partial charge in [0.1, 0.15) is 6.10 Å². The van der Waals surface area contributed by atoms with Crippen molar-refractivity contribution >= 4 is 11.9 Å². The van der Waals surface area contributed by atoms with Gasteiger partial charge in [0.15, 0.2) is 0 Å². The van der Waals surface area contributed by atoms with Crippen molar-refractivity contribution in [1.29, 1.82) is 0 Å². The van der Waals surface area contributed by atoms with E-state index in [1.54, 1.807) is 0 Å². The lowest BCUT2D eigenvalue weighted by Crippen LogP contribution is -2.46. The van der Waals surface area contributed by atoms with E-state index in [1.165, 1.54) is 128 Å². The largest absolute Gasteiger partial charge is 0.462 e. The number of aliphatic hydroxyl groups is 2. The van der Waals surface area contributed by atoms with Gasteiger partial charge in [-0.1, -0.05) is 193 Å². The summed E-state index contributed by atoms with van der Waals surface area (Å²) >= 11 is 0. The maximum Gasteiger partial charge on any atom is 0.306 e. The van der Waals surface area contributed by atoms with Crippen LogP contribution in [0, 0.1) is 0 Å². The van der Waals surface area contributed by atoms with Crippen molar-refractivity contribution < 1.29 is 24.5 Å². The molecule has 6 heteroatoms. The number of rotatable bonds is 40. The molecule has 0 spiro atoms. The molecule has 0 radical (unpaired) electrons. The molecule has 0 fully saturated rings. The third kappa shape index (κ3) is 35.4. The second-order valence-corrected chi connectivity index (χ2v) is 15.5. The molecule has 3 N–H and O–H groups in total. The maximum absolute atomic E-state index is 13.1. The SMILES string of the molecule is CCCC/C=C\CCCCCC(CC(=O)NC(CO)C(O)CCCCCCCCCCCCCCC)OC(=O)CCCCCCCCCCCC. The van der Waals surface area contributed by atoms with Gasteiger partial charge in [-0.05, 0) is 44.9 Å². The van der Waals surface area contributed by atoms with Crippen molar-refractivity contribution in [2.45, 2.75) is 257 Å². The zero-order valence-corrected chi connectivity index (χ0v) is 34.3. The number of hydrogen-bond donors (Lipinski definition) is 3. The average molecular weight is 722 g/mol. The molecule has 1 amide bonds. The number of allylic oxidation sites excluding steroid dienone is 2. The first-order valence-corrected chi connectivity index (χ1v) is 22.4. The first kappa shape index (κ1) is 49.6. The molecule has 0 aromatic rings. The van der Waals surface area contributed by atoms with E-state index in [4.69, 9.17) is 4.74 Å². The van der Waals surface area contributed by atoms with Gasteiger partial charge in [-0.2, -0.15) is 0 Å². The van der Waals surface area contributed by atoms with E-state index < -0.39 is 18.2 Å². The fourth-order valence-corrected chi connectivity index (χ4v) is 6.88. The minimum absolute atomic E-state index is 0.0721. The molecule has 0 aliphatic heterocycles. The Morgan fingerprint density at radius 2 is 0.961 bits per heavy atom. The first-order valence-electron chi connectivity index (χ1n) is 22.4. The molecule has 3 unspecified atom stereocenters. The second kappa shape index (κ2) is 39.8. The fourth-order valence-electron chi connectivity index (χ4n) is 6.88. The number of esters is 1. The molecule has 6 nitrogen and oxygen atoms in total. The summed E-state index contributed by atoms with van der Waals surface area (Å²) in [7, 11) is 0. The van der Waals surface area contributed by atoms with Gasteiger partial charge in [0.05, 0.1) is 25.2 Å². The summed E-state index contributed by atoms with van der Waals surface area (Å²) in [6, 6.07) is -0.697. The van der Waals surface area contributed by atoms with Crippen molar-refractivity contribution in [2.75, 3.05) is 6.61 Å². The van der Waals surface area contributed by atoms with Crippen LogP contribution < -0.4 is 5.32 Å². The monoisotopic (exact) mass is 722 g/mol. The van der Waals surface area contributed by atoms with Crippen LogP contribution in [0.3, 0.4) is 0 Å². The Labute approximate surface area is 317 Å². The summed E-state index contributed by atoms with van der Waals surface area (Å²) in [6.45, 7) is 6.42. The first-order chi connectivity index (χ1) is 25.0. The van der Waals surface area contributed by atoms with Crippen LogP contribution in [0.4, 0.5) is 0 Å². The van der Waals surface area contributed by atoms with Crippen LogP contribution >= 0.6 is 0 Å². The Morgan fingerprint density at radius 1 is 0.549 bits per heavy atom. The van der Waals surface area contributed by atoms with Gasteiger partial charge in [-0.3, -0.25) is 9.59 Å². The summed E-state index contributed by atoms with van der Waals surface area (Å²) in [6.07, 6.45) is 41.3. The molecule has 0 aliphatic rings. The molecule has 0 rings (SSSR count). The number of carbonyl (C=O) groups is 2. The third-order valence-corrected chi connectivity index (χ3v) is 10.3. The maximum atomic E-state index is 13.1. The second-order valence-electron chi connectivity index (χ2n) is 15.5. The highest BCUT2D eigenvalue weighted by Gasteiger charge is 2.24. The molecule has 51 heavy (non-hydrogen) atoms. The van der Waals surface area contributed by atoms with Crippen LogP contribution in [0.15, 0.2) is 12.2 Å². The van der Waals surface area contributed by atoms with Crippen LogP contribution in [0.1, 0.15) is 239 Å². The lowest BCUT2D eigenvalue weighted by Gasteiger charge is -2.24. The topological polar surface area (TPSA) is 95.9 Å². The Hall–Kier alpha value is -1.40. The van der Waals surface area contributed by atoms with Crippen molar-refractivity contribution in [1.82, 2.24) is 5.32 Å². The summed E-state index contributed by atoms with van der Waals surface area (Å²) in [5.41, 5.74) is 0. The average Bonchev–Trinajstić information content (AvgIpc) is 3.12. The highest BCUT2D eigenvalue weighted by molar-refractivity contribution is 5.77. The summed E-state index contributed by atoms with van der Waals surface area (Å²) in [5, 5.41) is 23.6. The summed E-state index contributed by atoms with van der Waals surface area (Å²) in [5.74, 6) is -0.485. The molecule has 0 aliphatic carbocycles. The lowest BCUT2D eigenvalue weighted by atomic mass is 10.0. The van der Waals surface area contributed by atoms with Crippen molar-refractivity contribution in [3.05, 3.63) is 12.2 Å². The highest BCUT2D eigenvalue weighted by Crippen LogP contribution is 2.17. The molecule has 0 heterocycles. The Morgan fingerprint density at radius 3 is 1.45 bits per heavy atom. The van der Waals surface area contributed by atoms with Gasteiger partial charge in [0, 0.05) is 6.42 Å². The van der Waals surface area contributed by atoms with E-state index in [0.29, 0.717) is 19.3 Å². The van der Waals surface area contributed by atoms with Gasteiger partial charge in [-0.25, -0.2) is 0 Å². The molecular weight excluding hydrogens is 634 g/mol. The third-order valence-electron chi connectivity index (χ3n) is 10.3. The smallest absolute Gasteiger partial charge is 0.306 e. The minimum Gasteiger partial charge on any atom is -0.462 e. The number of ether oxygens (including phenoxy) is 1. The van der Waals surface area contributed by atoms with Gasteiger partial charge < -0.3 is 20.3 Å².